The molecule has 6 nitrogen and oxygen atoms in total. The van der Waals surface area contributed by atoms with Crippen LogP contribution >= 0.6 is 23.1 Å². The highest BCUT2D eigenvalue weighted by atomic mass is 32.2. The number of hydrogen-bond donors (Lipinski definition) is 1. The Morgan fingerprint density at radius 1 is 1.19 bits per heavy atom. The van der Waals surface area contributed by atoms with Gasteiger partial charge in [-0.3, -0.25) is 4.79 Å². The van der Waals surface area contributed by atoms with Crippen molar-refractivity contribution < 1.29 is 14.3 Å². The Morgan fingerprint density at radius 3 is 2.67 bits per heavy atom. The third kappa shape index (κ3) is 4.55. The summed E-state index contributed by atoms with van der Waals surface area (Å²) in [6.07, 6.45) is 7.03. The second-order valence-electron chi connectivity index (χ2n) is 9.05. The molecule has 1 N–H and O–H groups in total. The molecule has 1 amide bonds. The van der Waals surface area contributed by atoms with E-state index >= 15 is 0 Å². The minimum Gasteiger partial charge on any atom is -0.465 e. The van der Waals surface area contributed by atoms with Crippen molar-refractivity contribution >= 4 is 51.9 Å². The van der Waals surface area contributed by atoms with E-state index < -0.39 is 0 Å². The van der Waals surface area contributed by atoms with E-state index in [2.05, 4.69) is 40.0 Å². The second-order valence-corrected chi connectivity index (χ2v) is 11.2. The summed E-state index contributed by atoms with van der Waals surface area (Å²) in [5.41, 5.74) is 6.83. The molecule has 0 saturated carbocycles. The number of aliphatic imine (C=N–C) groups is 1. The molecule has 3 aromatic rings. The predicted octanol–water partition coefficient (Wildman–Crippen LogP) is 6.28. The van der Waals surface area contributed by atoms with Gasteiger partial charge >= 0.3 is 5.97 Å². The van der Waals surface area contributed by atoms with E-state index in [4.69, 9.17) is 4.74 Å². The lowest BCUT2D eigenvalue weighted by Crippen LogP contribution is -2.19. The molecule has 186 valence electrons. The van der Waals surface area contributed by atoms with Crippen LogP contribution in [-0.4, -0.2) is 28.7 Å². The second kappa shape index (κ2) is 10.1. The Labute approximate surface area is 219 Å². The van der Waals surface area contributed by atoms with Crippen molar-refractivity contribution in [2.45, 2.75) is 52.9 Å². The van der Waals surface area contributed by atoms with E-state index in [0.717, 1.165) is 65.3 Å². The fraction of sp³-hybridized carbons (Fsp3) is 0.321. The fourth-order valence-corrected chi connectivity index (χ4v) is 7.13. The van der Waals surface area contributed by atoms with Gasteiger partial charge in [0.2, 0.25) is 0 Å². The molecule has 0 spiro atoms. The van der Waals surface area contributed by atoms with Crippen LogP contribution in [0.25, 0.3) is 11.1 Å². The number of aryl methyl sites for hydroxylation is 3. The van der Waals surface area contributed by atoms with Crippen molar-refractivity contribution in [3.8, 4) is 5.00 Å². The third-order valence-corrected chi connectivity index (χ3v) is 8.92. The van der Waals surface area contributed by atoms with Gasteiger partial charge in [-0.2, -0.15) is 0 Å². The zero-order chi connectivity index (χ0) is 25.4. The number of nitrogens with one attached hydrogen (secondary N) is 1. The first-order chi connectivity index (χ1) is 17.4. The Balaban J connectivity index is 1.48. The molecule has 2 aromatic heterocycles. The van der Waals surface area contributed by atoms with Crippen LogP contribution in [0.1, 0.15) is 63.1 Å². The quantitative estimate of drug-likeness (QED) is 0.318. The minimum atomic E-state index is -0.282. The SMILES string of the molecule is CCc1ccc(N=C2NC(=O)/C(=C/c3cc(C)n(-c4sc5c(c4C(=O)OC)CCCC5)c3C)S2)cc1. The summed E-state index contributed by atoms with van der Waals surface area (Å²) in [5.74, 6) is -0.439. The maximum Gasteiger partial charge on any atom is 0.341 e. The molecule has 8 heteroatoms. The Hall–Kier alpha value is -3.10. The number of ether oxygens (including phenoxy) is 1. The monoisotopic (exact) mass is 519 g/mol. The molecule has 3 heterocycles. The first-order valence-electron chi connectivity index (χ1n) is 12.2. The molecule has 2 aliphatic rings. The topological polar surface area (TPSA) is 72.7 Å². The third-order valence-electron chi connectivity index (χ3n) is 6.73. The molecular weight excluding hydrogens is 490 g/mol. The minimum absolute atomic E-state index is 0.157. The van der Waals surface area contributed by atoms with Crippen LogP contribution in [0, 0.1) is 13.8 Å². The Bertz CT molecular complexity index is 1410. The molecular formula is C28H29N3O3S2. The summed E-state index contributed by atoms with van der Waals surface area (Å²) < 4.78 is 7.31. The first kappa shape index (κ1) is 24.6. The summed E-state index contributed by atoms with van der Waals surface area (Å²) >= 11 is 3.03. The van der Waals surface area contributed by atoms with E-state index in [1.54, 1.807) is 11.3 Å². The largest absolute Gasteiger partial charge is 0.465 e. The predicted molar refractivity (Wildman–Crippen MR) is 148 cm³/mol. The molecule has 1 saturated heterocycles. The molecule has 1 fully saturated rings. The summed E-state index contributed by atoms with van der Waals surface area (Å²) in [6, 6.07) is 10.1. The summed E-state index contributed by atoms with van der Waals surface area (Å²) in [4.78, 5) is 32.0. The standard InChI is InChI=1S/C28H29N3O3S2/c1-5-18-10-12-20(13-11-18)29-28-30-25(32)23(36-28)15-19-14-16(2)31(17(19)3)26-24(27(33)34-4)21-8-6-7-9-22(21)35-26/h10-15H,5-9H2,1-4H3,(H,29,30,32)/b23-15-. The number of fused-ring (bicyclic) bond motifs is 1. The van der Waals surface area contributed by atoms with Crippen LogP contribution in [0.15, 0.2) is 40.2 Å². The number of nitrogens with zero attached hydrogens (tertiary/aromatic N) is 2. The van der Waals surface area contributed by atoms with Crippen LogP contribution < -0.4 is 5.32 Å². The van der Waals surface area contributed by atoms with Gasteiger partial charge in [0.05, 0.1) is 23.3 Å². The fourth-order valence-electron chi connectivity index (χ4n) is 4.81. The number of carbonyl (C=O) groups is 2. The number of amides is 1. The molecule has 5 rings (SSSR count). The number of thiophene rings is 1. The molecule has 0 atom stereocenters. The lowest BCUT2D eigenvalue weighted by Gasteiger charge is -2.12. The number of hydrogen-bond acceptors (Lipinski definition) is 6. The summed E-state index contributed by atoms with van der Waals surface area (Å²) in [5, 5.41) is 4.36. The van der Waals surface area contributed by atoms with Gasteiger partial charge in [-0.15, -0.1) is 11.3 Å². The number of rotatable bonds is 5. The summed E-state index contributed by atoms with van der Waals surface area (Å²) in [6.45, 7) is 6.18. The average Bonchev–Trinajstić information content (AvgIpc) is 3.51. The highest BCUT2D eigenvalue weighted by Crippen LogP contribution is 2.39. The Kier molecular flexibility index (Phi) is 6.90. The average molecular weight is 520 g/mol. The van der Waals surface area contributed by atoms with Crippen molar-refractivity contribution in [2.24, 2.45) is 4.99 Å². The van der Waals surface area contributed by atoms with E-state index in [-0.39, 0.29) is 11.9 Å². The van der Waals surface area contributed by atoms with Gasteiger partial charge in [-0.25, -0.2) is 9.79 Å². The van der Waals surface area contributed by atoms with Gasteiger partial charge in [0.25, 0.3) is 5.91 Å². The normalized spacial score (nSPS) is 17.5. The van der Waals surface area contributed by atoms with Crippen molar-refractivity contribution in [3.63, 3.8) is 0 Å². The van der Waals surface area contributed by atoms with Gasteiger partial charge in [0.1, 0.15) is 5.00 Å². The smallest absolute Gasteiger partial charge is 0.341 e. The number of esters is 1. The molecule has 0 unspecified atom stereocenters. The van der Waals surface area contributed by atoms with Crippen LogP contribution in [-0.2, 0) is 28.8 Å². The van der Waals surface area contributed by atoms with E-state index in [9.17, 15) is 9.59 Å². The zero-order valence-corrected chi connectivity index (χ0v) is 22.6. The highest BCUT2D eigenvalue weighted by molar-refractivity contribution is 8.18. The van der Waals surface area contributed by atoms with E-state index in [1.807, 2.05) is 32.1 Å². The van der Waals surface area contributed by atoms with Crippen molar-refractivity contribution in [1.29, 1.82) is 0 Å². The molecule has 1 aromatic carbocycles. The Morgan fingerprint density at radius 2 is 1.94 bits per heavy atom. The van der Waals surface area contributed by atoms with Gasteiger partial charge in [0, 0.05) is 16.3 Å². The van der Waals surface area contributed by atoms with Crippen LogP contribution in [0.2, 0.25) is 0 Å². The maximum absolute atomic E-state index is 12.8. The molecule has 1 aliphatic carbocycles. The number of amidine groups is 1. The lowest BCUT2D eigenvalue weighted by atomic mass is 9.95. The zero-order valence-electron chi connectivity index (χ0n) is 20.9. The van der Waals surface area contributed by atoms with Gasteiger partial charge in [0.15, 0.2) is 5.17 Å². The summed E-state index contributed by atoms with van der Waals surface area (Å²) in [7, 11) is 1.44. The molecule has 1 aliphatic heterocycles. The van der Waals surface area contributed by atoms with Crippen molar-refractivity contribution in [3.05, 3.63) is 73.8 Å². The van der Waals surface area contributed by atoms with Crippen molar-refractivity contribution in [1.82, 2.24) is 9.88 Å². The number of carbonyl (C=O) groups excluding carboxylic acids is 2. The van der Waals surface area contributed by atoms with Gasteiger partial charge in [-0.05, 0) is 98.7 Å². The lowest BCUT2D eigenvalue weighted by molar-refractivity contribution is -0.115. The molecule has 36 heavy (non-hydrogen) atoms. The van der Waals surface area contributed by atoms with Crippen LogP contribution in [0.5, 0.6) is 0 Å². The maximum atomic E-state index is 12.8. The van der Waals surface area contributed by atoms with E-state index in [1.165, 1.54) is 29.3 Å². The van der Waals surface area contributed by atoms with Gasteiger partial charge < -0.3 is 14.6 Å². The highest BCUT2D eigenvalue weighted by Gasteiger charge is 2.29. The number of methoxy groups -OCH3 is 1. The van der Waals surface area contributed by atoms with Crippen LogP contribution in [0.4, 0.5) is 5.69 Å². The van der Waals surface area contributed by atoms with Crippen molar-refractivity contribution in [2.75, 3.05) is 7.11 Å². The van der Waals surface area contributed by atoms with Gasteiger partial charge in [-0.1, -0.05) is 19.1 Å². The molecule has 0 bridgehead atoms. The number of benzene rings is 1. The first-order valence-corrected chi connectivity index (χ1v) is 13.8. The number of aromatic nitrogens is 1. The molecule has 0 radical (unpaired) electrons. The number of thioether (sulfide) groups is 1. The van der Waals surface area contributed by atoms with E-state index in [0.29, 0.717) is 15.6 Å². The van der Waals surface area contributed by atoms with Crippen LogP contribution in [0.3, 0.4) is 0 Å².